The Morgan fingerprint density at radius 2 is 2.20 bits per heavy atom. The summed E-state index contributed by atoms with van der Waals surface area (Å²) in [5.74, 6) is 0.833. The molecule has 1 aliphatic carbocycles. The van der Waals surface area contributed by atoms with Crippen LogP contribution < -0.4 is 5.73 Å². The molecule has 1 aromatic rings. The minimum Gasteiger partial charge on any atom is -0.324 e. The number of rotatable bonds is 3. The summed E-state index contributed by atoms with van der Waals surface area (Å²) < 4.78 is 2.06. The van der Waals surface area contributed by atoms with Crippen LogP contribution in [0, 0.1) is 5.92 Å². The number of aromatic nitrogens is 2. The van der Waals surface area contributed by atoms with Gasteiger partial charge in [0.1, 0.15) is 0 Å². The maximum absolute atomic E-state index is 5.81. The summed E-state index contributed by atoms with van der Waals surface area (Å²) in [5.41, 5.74) is 6.95. The van der Waals surface area contributed by atoms with Crippen molar-refractivity contribution in [3.8, 4) is 0 Å². The molecule has 1 fully saturated rings. The van der Waals surface area contributed by atoms with Gasteiger partial charge in [0, 0.05) is 24.3 Å². The predicted octanol–water partition coefficient (Wildman–Crippen LogP) is 2.48. The Kier molecular flexibility index (Phi) is 3.41. The van der Waals surface area contributed by atoms with Crippen LogP contribution in [0.3, 0.4) is 0 Å². The van der Waals surface area contributed by atoms with E-state index in [1.807, 2.05) is 13.1 Å². The van der Waals surface area contributed by atoms with Crippen LogP contribution in [0.4, 0.5) is 0 Å². The van der Waals surface area contributed by atoms with E-state index in [2.05, 4.69) is 16.0 Å². The van der Waals surface area contributed by atoms with Gasteiger partial charge in [-0.3, -0.25) is 4.68 Å². The summed E-state index contributed by atoms with van der Waals surface area (Å²) in [6, 6.07) is 0.102. The number of nitrogens with zero attached hydrogens (tertiary/aromatic N) is 2. The average molecular weight is 207 g/mol. The Bertz CT molecular complexity index is 298. The molecule has 0 radical (unpaired) electrons. The highest BCUT2D eigenvalue weighted by atomic mass is 15.3. The average Bonchev–Trinajstić information content (AvgIpc) is 2.68. The normalized spacial score (nSPS) is 20.4. The third-order valence-electron chi connectivity index (χ3n) is 3.35. The Hall–Kier alpha value is -0.830. The molecule has 1 aliphatic rings. The fourth-order valence-electron chi connectivity index (χ4n) is 2.35. The van der Waals surface area contributed by atoms with E-state index in [9.17, 15) is 0 Å². The monoisotopic (exact) mass is 207 g/mol. The van der Waals surface area contributed by atoms with Gasteiger partial charge in [0.25, 0.3) is 0 Å². The van der Waals surface area contributed by atoms with Crippen LogP contribution in [0.15, 0.2) is 12.4 Å². The van der Waals surface area contributed by atoms with Gasteiger partial charge in [-0.1, -0.05) is 19.3 Å². The third kappa shape index (κ3) is 2.81. The van der Waals surface area contributed by atoms with Crippen molar-refractivity contribution in [1.29, 1.82) is 0 Å². The molecule has 0 bridgehead atoms. The van der Waals surface area contributed by atoms with Crippen molar-refractivity contribution in [3.63, 3.8) is 0 Å². The molecule has 1 heterocycles. The van der Waals surface area contributed by atoms with Gasteiger partial charge in [-0.2, -0.15) is 5.10 Å². The van der Waals surface area contributed by atoms with Crippen molar-refractivity contribution in [3.05, 3.63) is 18.0 Å². The van der Waals surface area contributed by atoms with Crippen LogP contribution in [-0.4, -0.2) is 9.78 Å². The van der Waals surface area contributed by atoms with Crippen LogP contribution >= 0.6 is 0 Å². The van der Waals surface area contributed by atoms with Gasteiger partial charge in [-0.05, 0) is 25.7 Å². The first kappa shape index (κ1) is 10.7. The van der Waals surface area contributed by atoms with Crippen molar-refractivity contribution in [1.82, 2.24) is 9.78 Å². The van der Waals surface area contributed by atoms with Crippen LogP contribution in [-0.2, 0) is 6.54 Å². The number of hydrogen-bond donors (Lipinski definition) is 1. The highest BCUT2D eigenvalue weighted by Crippen LogP contribution is 2.25. The summed E-state index contributed by atoms with van der Waals surface area (Å²) in [6.07, 6.45) is 10.9. The van der Waals surface area contributed by atoms with Gasteiger partial charge in [-0.25, -0.2) is 0 Å². The fraction of sp³-hybridized carbons (Fsp3) is 0.750. The molecule has 84 valence electrons. The molecule has 1 unspecified atom stereocenters. The van der Waals surface area contributed by atoms with Gasteiger partial charge in [0.2, 0.25) is 0 Å². The first-order chi connectivity index (χ1) is 7.25. The second kappa shape index (κ2) is 4.79. The topological polar surface area (TPSA) is 43.8 Å². The molecule has 1 atom stereocenters. The Balaban J connectivity index is 1.91. The van der Waals surface area contributed by atoms with Crippen molar-refractivity contribution < 1.29 is 0 Å². The summed E-state index contributed by atoms with van der Waals surface area (Å²) >= 11 is 0. The summed E-state index contributed by atoms with van der Waals surface area (Å²) in [7, 11) is 0. The molecule has 0 aliphatic heterocycles. The Morgan fingerprint density at radius 1 is 1.47 bits per heavy atom. The van der Waals surface area contributed by atoms with Crippen LogP contribution in [0.1, 0.15) is 50.6 Å². The van der Waals surface area contributed by atoms with Gasteiger partial charge in [-0.15, -0.1) is 0 Å². The van der Waals surface area contributed by atoms with Gasteiger partial charge in [0.05, 0.1) is 6.20 Å². The summed E-state index contributed by atoms with van der Waals surface area (Å²) in [6.45, 7) is 3.08. The van der Waals surface area contributed by atoms with Crippen molar-refractivity contribution >= 4 is 0 Å². The van der Waals surface area contributed by atoms with Gasteiger partial charge >= 0.3 is 0 Å². The van der Waals surface area contributed by atoms with Crippen molar-refractivity contribution in [2.45, 2.75) is 51.6 Å². The van der Waals surface area contributed by atoms with E-state index in [0.29, 0.717) is 0 Å². The van der Waals surface area contributed by atoms with Gasteiger partial charge in [0.15, 0.2) is 0 Å². The zero-order valence-electron chi connectivity index (χ0n) is 9.52. The summed E-state index contributed by atoms with van der Waals surface area (Å²) in [5, 5.41) is 4.37. The lowest BCUT2D eigenvalue weighted by atomic mass is 9.89. The lowest BCUT2D eigenvalue weighted by Gasteiger charge is -2.21. The SMILES string of the molecule is CC(N)c1cnn(CC2CCCCC2)c1. The molecule has 1 saturated carbocycles. The molecule has 0 spiro atoms. The number of nitrogens with two attached hydrogens (primary N) is 1. The molecule has 0 amide bonds. The van der Waals surface area contributed by atoms with E-state index in [1.54, 1.807) is 0 Å². The molecule has 0 saturated heterocycles. The first-order valence-corrected chi connectivity index (χ1v) is 6.03. The van der Waals surface area contributed by atoms with E-state index < -0.39 is 0 Å². The quantitative estimate of drug-likeness (QED) is 0.827. The fourth-order valence-corrected chi connectivity index (χ4v) is 2.35. The highest BCUT2D eigenvalue weighted by Gasteiger charge is 2.14. The Labute approximate surface area is 91.7 Å². The summed E-state index contributed by atoms with van der Waals surface area (Å²) in [4.78, 5) is 0. The largest absolute Gasteiger partial charge is 0.324 e. The van der Waals surface area contributed by atoms with E-state index >= 15 is 0 Å². The Morgan fingerprint density at radius 3 is 2.80 bits per heavy atom. The molecular weight excluding hydrogens is 186 g/mol. The minimum atomic E-state index is 0.102. The zero-order valence-corrected chi connectivity index (χ0v) is 9.52. The maximum atomic E-state index is 5.81. The zero-order chi connectivity index (χ0) is 10.7. The maximum Gasteiger partial charge on any atom is 0.0537 e. The molecule has 3 heteroatoms. The molecule has 3 nitrogen and oxygen atoms in total. The van der Waals surface area contributed by atoms with Crippen molar-refractivity contribution in [2.75, 3.05) is 0 Å². The molecular formula is C12H21N3. The molecule has 1 aromatic heterocycles. The van der Waals surface area contributed by atoms with Crippen LogP contribution in [0.5, 0.6) is 0 Å². The van der Waals surface area contributed by atoms with Crippen LogP contribution in [0.25, 0.3) is 0 Å². The minimum absolute atomic E-state index is 0.102. The van der Waals surface area contributed by atoms with Crippen molar-refractivity contribution in [2.24, 2.45) is 11.7 Å². The molecule has 2 rings (SSSR count). The molecule has 15 heavy (non-hydrogen) atoms. The van der Waals surface area contributed by atoms with E-state index in [1.165, 1.54) is 32.1 Å². The molecule has 2 N–H and O–H groups in total. The molecule has 0 aromatic carbocycles. The number of hydrogen-bond acceptors (Lipinski definition) is 2. The lowest BCUT2D eigenvalue weighted by molar-refractivity contribution is 0.308. The van der Waals surface area contributed by atoms with Gasteiger partial charge < -0.3 is 5.73 Å². The first-order valence-electron chi connectivity index (χ1n) is 6.03. The van der Waals surface area contributed by atoms with Crippen LogP contribution in [0.2, 0.25) is 0 Å². The standard InChI is InChI=1S/C12H21N3/c1-10(13)12-7-14-15(9-12)8-11-5-3-2-4-6-11/h7,9-11H,2-6,8,13H2,1H3. The second-order valence-electron chi connectivity index (χ2n) is 4.79. The lowest BCUT2D eigenvalue weighted by Crippen LogP contribution is -2.14. The smallest absolute Gasteiger partial charge is 0.0537 e. The van der Waals surface area contributed by atoms with E-state index in [4.69, 9.17) is 5.73 Å². The highest BCUT2D eigenvalue weighted by molar-refractivity contribution is 5.08. The van der Waals surface area contributed by atoms with E-state index in [0.717, 1.165) is 18.0 Å². The predicted molar refractivity (Wildman–Crippen MR) is 61.4 cm³/mol. The third-order valence-corrected chi connectivity index (χ3v) is 3.35. The second-order valence-corrected chi connectivity index (χ2v) is 4.79. The van der Waals surface area contributed by atoms with E-state index in [-0.39, 0.29) is 6.04 Å².